The van der Waals surface area contributed by atoms with Gasteiger partial charge in [-0.05, 0) is 6.92 Å². The van der Waals surface area contributed by atoms with Crippen LogP contribution in [0.1, 0.15) is 6.92 Å². The fourth-order valence-corrected chi connectivity index (χ4v) is 0.153. The molecule has 0 saturated heterocycles. The van der Waals surface area contributed by atoms with Crippen molar-refractivity contribution in [2.24, 2.45) is 0 Å². The minimum Gasteiger partial charge on any atom is -0.249 e. The Kier molecular flexibility index (Phi) is 3.92. The zero-order chi connectivity index (χ0) is 5.70. The molecule has 44 valence electrons. The highest BCUT2D eigenvalue weighted by atomic mass is 17.3. The second kappa shape index (κ2) is 4.01. The van der Waals surface area contributed by atoms with Crippen molar-refractivity contribution in [3.8, 4) is 0 Å². The summed E-state index contributed by atoms with van der Waals surface area (Å²) in [6.07, 6.45) is -0.718. The maximum atomic E-state index is 7.76. The molecular weight excluding hydrogens is 100 g/mol. The second-order valence-corrected chi connectivity index (χ2v) is 0.936. The highest BCUT2D eigenvalue weighted by Crippen LogP contribution is 1.87. The molecule has 0 rings (SSSR count). The maximum Gasteiger partial charge on any atom is 0.221 e. The second-order valence-electron chi connectivity index (χ2n) is 0.936. The molecular formula is C3H8O4. The molecule has 4 heteroatoms. The van der Waals surface area contributed by atoms with Crippen molar-refractivity contribution in [1.29, 1.82) is 0 Å². The summed E-state index contributed by atoms with van der Waals surface area (Å²) in [5.41, 5.74) is 0. The van der Waals surface area contributed by atoms with E-state index in [9.17, 15) is 0 Å². The number of hydrogen-bond donors (Lipinski definition) is 1. The molecule has 7 heavy (non-hydrogen) atoms. The molecule has 0 aromatic rings. The smallest absolute Gasteiger partial charge is 0.221 e. The Balaban J connectivity index is 2.83. The van der Waals surface area contributed by atoms with E-state index in [1.54, 1.807) is 0 Å². The molecule has 0 saturated carbocycles. The quantitative estimate of drug-likeness (QED) is 0.323. The van der Waals surface area contributed by atoms with E-state index >= 15 is 0 Å². The van der Waals surface area contributed by atoms with Gasteiger partial charge in [0.1, 0.15) is 0 Å². The Morgan fingerprint density at radius 3 is 2.29 bits per heavy atom. The van der Waals surface area contributed by atoms with Crippen molar-refractivity contribution < 1.29 is 19.9 Å². The van der Waals surface area contributed by atoms with E-state index in [0.717, 1.165) is 0 Å². The Labute approximate surface area is 41.5 Å². The van der Waals surface area contributed by atoms with Crippen LogP contribution in [-0.2, 0) is 14.7 Å². The van der Waals surface area contributed by atoms with E-state index in [1.165, 1.54) is 14.0 Å². The first kappa shape index (κ1) is 6.84. The van der Waals surface area contributed by atoms with E-state index in [0.29, 0.717) is 0 Å². The molecule has 0 aliphatic rings. The van der Waals surface area contributed by atoms with Gasteiger partial charge in [-0.2, -0.15) is 0 Å². The van der Waals surface area contributed by atoms with Gasteiger partial charge in [-0.3, -0.25) is 0 Å². The van der Waals surface area contributed by atoms with Crippen LogP contribution in [0, 0.1) is 0 Å². The van der Waals surface area contributed by atoms with Crippen LogP contribution >= 0.6 is 0 Å². The molecule has 0 bridgehead atoms. The molecule has 0 spiro atoms. The van der Waals surface area contributed by atoms with Crippen LogP contribution in [0.2, 0.25) is 0 Å². The predicted octanol–water partition coefficient (Wildman–Crippen LogP) is 0.400. The van der Waals surface area contributed by atoms with Crippen molar-refractivity contribution in [3.05, 3.63) is 0 Å². The molecule has 1 atom stereocenters. The van der Waals surface area contributed by atoms with Crippen LogP contribution in [0.25, 0.3) is 0 Å². The summed E-state index contributed by atoms with van der Waals surface area (Å²) >= 11 is 0. The van der Waals surface area contributed by atoms with Gasteiger partial charge in [0, 0.05) is 0 Å². The maximum absolute atomic E-state index is 7.76. The molecule has 0 radical (unpaired) electrons. The third kappa shape index (κ3) is 3.68. The number of rotatable bonds is 3. The van der Waals surface area contributed by atoms with Gasteiger partial charge in [-0.25, -0.2) is 19.9 Å². The molecule has 0 aliphatic heterocycles. The zero-order valence-corrected chi connectivity index (χ0v) is 4.25. The van der Waals surface area contributed by atoms with Crippen LogP contribution in [-0.4, -0.2) is 18.7 Å². The van der Waals surface area contributed by atoms with Crippen molar-refractivity contribution in [1.82, 2.24) is 0 Å². The highest BCUT2D eigenvalue weighted by Gasteiger charge is 1.96. The van der Waals surface area contributed by atoms with Crippen LogP contribution in [0.15, 0.2) is 0 Å². The lowest BCUT2D eigenvalue weighted by Gasteiger charge is -2.02. The van der Waals surface area contributed by atoms with Crippen LogP contribution in [0.4, 0.5) is 0 Å². The average molecular weight is 108 g/mol. The van der Waals surface area contributed by atoms with Crippen molar-refractivity contribution in [2.75, 3.05) is 7.11 Å². The molecule has 0 aromatic heterocycles. The normalized spacial score (nSPS) is 14.1. The van der Waals surface area contributed by atoms with E-state index in [4.69, 9.17) is 5.26 Å². The average Bonchev–Trinajstić information content (AvgIpc) is 1.68. The SMILES string of the molecule is COOC(C)OO. The van der Waals surface area contributed by atoms with E-state index in [1.807, 2.05) is 0 Å². The topological polar surface area (TPSA) is 47.9 Å². The van der Waals surface area contributed by atoms with Gasteiger partial charge in [-0.1, -0.05) is 0 Å². The Bertz CT molecular complexity index is 37.9. The van der Waals surface area contributed by atoms with Gasteiger partial charge >= 0.3 is 0 Å². The largest absolute Gasteiger partial charge is 0.249 e. The summed E-state index contributed by atoms with van der Waals surface area (Å²) in [6.45, 7) is 1.49. The van der Waals surface area contributed by atoms with Gasteiger partial charge in [0.25, 0.3) is 0 Å². The number of hydrogen-bond acceptors (Lipinski definition) is 4. The summed E-state index contributed by atoms with van der Waals surface area (Å²) < 4.78 is 0. The Morgan fingerprint density at radius 2 is 2.14 bits per heavy atom. The van der Waals surface area contributed by atoms with E-state index in [-0.39, 0.29) is 0 Å². The molecule has 0 aliphatic carbocycles. The third-order valence-corrected chi connectivity index (χ3v) is 0.380. The lowest BCUT2D eigenvalue weighted by atomic mass is 10.8. The van der Waals surface area contributed by atoms with Gasteiger partial charge in [0.05, 0.1) is 7.11 Å². The summed E-state index contributed by atoms with van der Waals surface area (Å²) in [7, 11) is 1.33. The minimum absolute atomic E-state index is 0.718. The molecule has 0 fully saturated rings. The minimum atomic E-state index is -0.718. The summed E-state index contributed by atoms with van der Waals surface area (Å²) in [4.78, 5) is 12.0. The van der Waals surface area contributed by atoms with Crippen molar-refractivity contribution in [2.45, 2.75) is 13.2 Å². The molecule has 0 heterocycles. The molecule has 0 amide bonds. The summed E-state index contributed by atoms with van der Waals surface area (Å²) in [6, 6.07) is 0. The molecule has 4 nitrogen and oxygen atoms in total. The third-order valence-electron chi connectivity index (χ3n) is 0.380. The van der Waals surface area contributed by atoms with Crippen molar-refractivity contribution in [3.63, 3.8) is 0 Å². The Hall–Kier alpha value is -0.160. The van der Waals surface area contributed by atoms with Crippen LogP contribution in [0.3, 0.4) is 0 Å². The van der Waals surface area contributed by atoms with Gasteiger partial charge in [0.2, 0.25) is 6.29 Å². The molecule has 0 aromatic carbocycles. The lowest BCUT2D eigenvalue weighted by molar-refractivity contribution is -0.434. The summed E-state index contributed by atoms with van der Waals surface area (Å²) in [5, 5.41) is 7.76. The van der Waals surface area contributed by atoms with Gasteiger partial charge in [0.15, 0.2) is 0 Å². The first-order chi connectivity index (χ1) is 3.31. The summed E-state index contributed by atoms with van der Waals surface area (Å²) in [5.74, 6) is 0. The predicted molar refractivity (Wildman–Crippen MR) is 21.3 cm³/mol. The monoisotopic (exact) mass is 108 g/mol. The van der Waals surface area contributed by atoms with Gasteiger partial charge in [-0.15, -0.1) is 0 Å². The van der Waals surface area contributed by atoms with E-state index in [2.05, 4.69) is 14.7 Å². The van der Waals surface area contributed by atoms with Crippen molar-refractivity contribution >= 4 is 0 Å². The fraction of sp³-hybridized carbons (Fsp3) is 1.00. The standard InChI is InChI=1S/C3H8O4/c1-3(6-4)7-5-2/h3-4H,1-2H3. The van der Waals surface area contributed by atoms with Gasteiger partial charge < -0.3 is 0 Å². The Morgan fingerprint density at radius 1 is 1.57 bits per heavy atom. The zero-order valence-electron chi connectivity index (χ0n) is 4.25. The first-order valence-electron chi connectivity index (χ1n) is 1.81. The fourth-order valence-electron chi connectivity index (χ4n) is 0.153. The molecule has 1 N–H and O–H groups in total. The lowest BCUT2D eigenvalue weighted by Crippen LogP contribution is -2.08. The van der Waals surface area contributed by atoms with Crippen LogP contribution < -0.4 is 0 Å². The van der Waals surface area contributed by atoms with E-state index < -0.39 is 6.29 Å². The van der Waals surface area contributed by atoms with Crippen LogP contribution in [0.5, 0.6) is 0 Å². The first-order valence-corrected chi connectivity index (χ1v) is 1.81. The molecule has 1 unspecified atom stereocenters. The highest BCUT2D eigenvalue weighted by molar-refractivity contribution is 4.11.